The lowest BCUT2D eigenvalue weighted by Gasteiger charge is -2.11. The first kappa shape index (κ1) is 16.8. The molecule has 1 aliphatic heterocycles. The van der Waals surface area contributed by atoms with E-state index in [0.717, 1.165) is 22.7 Å². The van der Waals surface area contributed by atoms with Gasteiger partial charge in [0.25, 0.3) is 15.9 Å². The van der Waals surface area contributed by atoms with Crippen molar-refractivity contribution in [3.63, 3.8) is 0 Å². The van der Waals surface area contributed by atoms with Crippen molar-refractivity contribution in [1.29, 1.82) is 0 Å². The summed E-state index contributed by atoms with van der Waals surface area (Å²) in [4.78, 5) is 12.9. The molecule has 0 saturated carbocycles. The molecule has 6 nitrogen and oxygen atoms in total. The molecule has 0 aromatic heterocycles. The van der Waals surface area contributed by atoms with E-state index in [2.05, 4.69) is 26.2 Å². The molecule has 3 N–H and O–H groups in total. The molecule has 0 saturated heterocycles. The van der Waals surface area contributed by atoms with Gasteiger partial charge in [-0.25, -0.2) is 8.42 Å². The topological polar surface area (TPSA) is 87.3 Å². The highest BCUT2D eigenvalue weighted by molar-refractivity contribution is 9.10. The number of benzene rings is 2. The minimum Gasteiger partial charge on any atom is -0.320 e. The third kappa shape index (κ3) is 2.99. The molecule has 10 heteroatoms. The molecule has 0 bridgehead atoms. The summed E-state index contributed by atoms with van der Waals surface area (Å²) < 4.78 is 52.8. The first-order valence-corrected chi connectivity index (χ1v) is 8.85. The Bertz CT molecular complexity index is 917. The van der Waals surface area contributed by atoms with E-state index < -0.39 is 27.4 Å². The van der Waals surface area contributed by atoms with Crippen molar-refractivity contribution in [2.24, 2.45) is 0 Å². The average Bonchev–Trinajstić information content (AvgIpc) is 2.76. The van der Waals surface area contributed by atoms with Gasteiger partial charge in [-0.15, -0.1) is 4.83 Å². The highest BCUT2D eigenvalue weighted by Gasteiger charge is 2.48. The Balaban J connectivity index is 1.85. The largest absolute Gasteiger partial charge is 0.352 e. The van der Waals surface area contributed by atoms with E-state index in [4.69, 9.17) is 0 Å². The Hall–Kier alpha value is -2.04. The van der Waals surface area contributed by atoms with Crippen molar-refractivity contribution in [1.82, 2.24) is 4.83 Å². The Kier molecular flexibility index (Phi) is 4.06. The number of fused-ring (bicyclic) bond motifs is 1. The van der Waals surface area contributed by atoms with E-state index in [1.54, 1.807) is 24.3 Å². The summed E-state index contributed by atoms with van der Waals surface area (Å²) in [6.07, 6.45) is 0. The molecule has 1 aliphatic rings. The lowest BCUT2D eigenvalue weighted by atomic mass is 10.1. The third-order valence-corrected chi connectivity index (χ3v) is 5.12. The lowest BCUT2D eigenvalue weighted by molar-refractivity contribution is -0.139. The van der Waals surface area contributed by atoms with E-state index in [-0.39, 0.29) is 10.6 Å². The average molecular weight is 418 g/mol. The van der Waals surface area contributed by atoms with Crippen molar-refractivity contribution >= 4 is 43.2 Å². The van der Waals surface area contributed by atoms with Crippen LogP contribution in [0.1, 0.15) is 5.56 Å². The van der Waals surface area contributed by atoms with Crippen molar-refractivity contribution in [2.75, 3.05) is 10.7 Å². The Labute approximate surface area is 144 Å². The van der Waals surface area contributed by atoms with Crippen molar-refractivity contribution in [3.8, 4) is 0 Å². The molecular formula is C14H10BrF2N3O3S. The van der Waals surface area contributed by atoms with Gasteiger partial charge in [-0.05, 0) is 42.5 Å². The van der Waals surface area contributed by atoms with Crippen LogP contribution in [0.3, 0.4) is 0 Å². The molecule has 126 valence electrons. The monoisotopic (exact) mass is 417 g/mol. The number of anilines is 2. The number of hydrazine groups is 1. The van der Waals surface area contributed by atoms with Crippen LogP contribution in [0.5, 0.6) is 0 Å². The summed E-state index contributed by atoms with van der Waals surface area (Å²) in [5, 5.41) is 2.01. The van der Waals surface area contributed by atoms with Crippen molar-refractivity contribution < 1.29 is 22.0 Å². The summed E-state index contributed by atoms with van der Waals surface area (Å²) in [6.45, 7) is 0. The summed E-state index contributed by atoms with van der Waals surface area (Å²) in [7, 11) is -4.10. The van der Waals surface area contributed by atoms with Crippen LogP contribution in [-0.2, 0) is 20.7 Å². The molecule has 0 aliphatic carbocycles. The van der Waals surface area contributed by atoms with Crippen LogP contribution in [0.15, 0.2) is 51.8 Å². The zero-order chi connectivity index (χ0) is 17.5. The smallest absolute Gasteiger partial charge is 0.320 e. The summed E-state index contributed by atoms with van der Waals surface area (Å²) in [5.74, 6) is -5.24. The van der Waals surface area contributed by atoms with Crippen molar-refractivity contribution in [2.45, 2.75) is 10.8 Å². The third-order valence-electron chi connectivity index (χ3n) is 3.35. The lowest BCUT2D eigenvalue weighted by Crippen LogP contribution is -2.29. The van der Waals surface area contributed by atoms with E-state index in [1.807, 2.05) is 5.32 Å². The number of amides is 1. The minimum atomic E-state index is -4.10. The standard InChI is InChI=1S/C14H10BrF2N3O3S/c15-8-1-3-9(4-2-8)19-20-24(22,23)10-5-6-12-11(7-10)14(16,17)13(21)18-12/h1-7,19-20H,(H,18,21). The fraction of sp³-hybridized carbons (Fsp3) is 0.0714. The Morgan fingerprint density at radius 1 is 1.08 bits per heavy atom. The van der Waals surface area contributed by atoms with E-state index >= 15 is 0 Å². The second-order valence-corrected chi connectivity index (χ2v) is 7.57. The van der Waals surface area contributed by atoms with Crippen molar-refractivity contribution in [3.05, 3.63) is 52.5 Å². The van der Waals surface area contributed by atoms with Gasteiger partial charge >= 0.3 is 5.92 Å². The van der Waals surface area contributed by atoms with Crippen LogP contribution >= 0.6 is 15.9 Å². The van der Waals surface area contributed by atoms with Gasteiger partial charge in [0.1, 0.15) is 0 Å². The predicted molar refractivity (Wildman–Crippen MR) is 87.1 cm³/mol. The number of carbonyl (C=O) groups excluding carboxylic acids is 1. The van der Waals surface area contributed by atoms with Gasteiger partial charge in [0.2, 0.25) is 0 Å². The molecule has 0 spiro atoms. The van der Waals surface area contributed by atoms with Gasteiger partial charge < -0.3 is 10.7 Å². The molecule has 0 radical (unpaired) electrons. The zero-order valence-corrected chi connectivity index (χ0v) is 14.2. The zero-order valence-electron chi connectivity index (χ0n) is 11.8. The SMILES string of the molecule is O=C1Nc2ccc(S(=O)(=O)NNc3ccc(Br)cc3)cc2C1(F)F. The van der Waals surface area contributed by atoms with E-state index in [9.17, 15) is 22.0 Å². The van der Waals surface area contributed by atoms with Crippen LogP contribution in [-0.4, -0.2) is 14.3 Å². The van der Waals surface area contributed by atoms with Gasteiger partial charge in [0, 0.05) is 10.2 Å². The molecule has 2 aromatic rings. The van der Waals surface area contributed by atoms with Crippen LogP contribution in [0.25, 0.3) is 0 Å². The Morgan fingerprint density at radius 3 is 2.42 bits per heavy atom. The number of rotatable bonds is 4. The summed E-state index contributed by atoms with van der Waals surface area (Å²) in [6, 6.07) is 9.67. The Morgan fingerprint density at radius 2 is 1.75 bits per heavy atom. The second kappa shape index (κ2) is 5.80. The predicted octanol–water partition coefficient (Wildman–Crippen LogP) is 2.80. The second-order valence-electron chi connectivity index (χ2n) is 4.97. The van der Waals surface area contributed by atoms with Gasteiger partial charge in [0.05, 0.1) is 16.1 Å². The summed E-state index contributed by atoms with van der Waals surface area (Å²) >= 11 is 3.25. The summed E-state index contributed by atoms with van der Waals surface area (Å²) in [5.41, 5.74) is 2.17. The van der Waals surface area contributed by atoms with Crippen LogP contribution in [0.2, 0.25) is 0 Å². The number of halogens is 3. The normalized spacial score (nSPS) is 15.7. The number of hydrogen-bond donors (Lipinski definition) is 3. The molecule has 3 rings (SSSR count). The van der Waals surface area contributed by atoms with Gasteiger partial charge in [-0.2, -0.15) is 8.78 Å². The molecule has 0 unspecified atom stereocenters. The van der Waals surface area contributed by atoms with Gasteiger partial charge in [-0.1, -0.05) is 15.9 Å². The maximum absolute atomic E-state index is 13.7. The number of hydrogen-bond acceptors (Lipinski definition) is 4. The first-order chi connectivity index (χ1) is 11.2. The highest BCUT2D eigenvalue weighted by atomic mass is 79.9. The number of nitrogens with one attached hydrogen (secondary N) is 3. The minimum absolute atomic E-state index is 0.107. The molecule has 1 heterocycles. The van der Waals surface area contributed by atoms with E-state index in [1.165, 1.54) is 0 Å². The number of carbonyl (C=O) groups is 1. The quantitative estimate of drug-likeness (QED) is 0.667. The first-order valence-electron chi connectivity index (χ1n) is 6.57. The molecule has 2 aromatic carbocycles. The van der Waals surface area contributed by atoms with Crippen LogP contribution < -0.4 is 15.6 Å². The van der Waals surface area contributed by atoms with Crippen LogP contribution in [0.4, 0.5) is 20.2 Å². The molecule has 1 amide bonds. The molecular weight excluding hydrogens is 408 g/mol. The fourth-order valence-electron chi connectivity index (χ4n) is 2.10. The number of sulfonamides is 1. The molecule has 0 fully saturated rings. The van der Waals surface area contributed by atoms with Crippen LogP contribution in [0, 0.1) is 0 Å². The maximum atomic E-state index is 13.7. The van der Waals surface area contributed by atoms with E-state index in [0.29, 0.717) is 5.69 Å². The highest BCUT2D eigenvalue weighted by Crippen LogP contribution is 2.41. The maximum Gasteiger partial charge on any atom is 0.352 e. The van der Waals surface area contributed by atoms with Gasteiger partial charge in [-0.3, -0.25) is 4.79 Å². The molecule has 24 heavy (non-hydrogen) atoms. The number of alkyl halides is 2. The fourth-order valence-corrected chi connectivity index (χ4v) is 3.26. The van der Waals surface area contributed by atoms with Gasteiger partial charge in [0.15, 0.2) is 0 Å². The molecule has 0 atom stereocenters.